The Labute approximate surface area is 135 Å². The Bertz CT molecular complexity index is 649. The van der Waals surface area contributed by atoms with Gasteiger partial charge in [0.25, 0.3) is 0 Å². The number of carbonyl (C=O) groups is 1. The summed E-state index contributed by atoms with van der Waals surface area (Å²) in [6, 6.07) is 13.7. The van der Waals surface area contributed by atoms with Crippen molar-refractivity contribution in [2.75, 3.05) is 26.3 Å². The monoisotopic (exact) mass is 315 g/mol. The molecule has 114 valence electrons. The van der Waals surface area contributed by atoms with Crippen LogP contribution in [0, 0.1) is 0 Å². The summed E-state index contributed by atoms with van der Waals surface area (Å²) in [5.74, 6) is 0. The summed E-state index contributed by atoms with van der Waals surface area (Å²) in [7, 11) is 0. The molecule has 3 rings (SSSR count). The largest absolute Gasteiger partial charge is 0.379 e. The van der Waals surface area contributed by atoms with Crippen LogP contribution in [0.15, 0.2) is 42.5 Å². The highest BCUT2D eigenvalue weighted by molar-refractivity contribution is 6.33. The maximum atomic E-state index is 10.9. The van der Waals surface area contributed by atoms with E-state index in [1.807, 2.05) is 6.07 Å². The Morgan fingerprint density at radius 3 is 2.50 bits per heavy atom. The van der Waals surface area contributed by atoms with Crippen LogP contribution in [0.3, 0.4) is 0 Å². The molecule has 0 unspecified atom stereocenters. The van der Waals surface area contributed by atoms with Gasteiger partial charge in [0.2, 0.25) is 0 Å². The molecule has 0 spiro atoms. The predicted octanol–water partition coefficient (Wildman–Crippen LogP) is 3.65. The first-order chi connectivity index (χ1) is 10.8. The van der Waals surface area contributed by atoms with Gasteiger partial charge in [-0.1, -0.05) is 41.9 Å². The summed E-state index contributed by atoms with van der Waals surface area (Å²) >= 11 is 6.25. The third kappa shape index (κ3) is 3.55. The molecular weight excluding hydrogens is 298 g/mol. The predicted molar refractivity (Wildman–Crippen MR) is 88.4 cm³/mol. The molecule has 0 saturated carbocycles. The molecule has 22 heavy (non-hydrogen) atoms. The number of hydrogen-bond acceptors (Lipinski definition) is 3. The van der Waals surface area contributed by atoms with Crippen LogP contribution in [0.4, 0.5) is 0 Å². The molecule has 0 aliphatic carbocycles. The van der Waals surface area contributed by atoms with E-state index in [0.29, 0.717) is 10.6 Å². The van der Waals surface area contributed by atoms with Gasteiger partial charge in [-0.25, -0.2) is 0 Å². The van der Waals surface area contributed by atoms with E-state index in [9.17, 15) is 4.79 Å². The Balaban J connectivity index is 1.77. The molecule has 3 nitrogen and oxygen atoms in total. The molecule has 1 fully saturated rings. The molecule has 0 radical (unpaired) electrons. The molecule has 0 atom stereocenters. The lowest BCUT2D eigenvalue weighted by Gasteiger charge is -2.26. The van der Waals surface area contributed by atoms with Crippen LogP contribution in [0.25, 0.3) is 11.1 Å². The molecular formula is C18H18ClNO2. The second-order valence-electron chi connectivity index (χ2n) is 5.44. The number of nitrogens with zero attached hydrogens (tertiary/aromatic N) is 1. The highest BCUT2D eigenvalue weighted by Gasteiger charge is 2.11. The van der Waals surface area contributed by atoms with Crippen molar-refractivity contribution in [2.24, 2.45) is 0 Å². The summed E-state index contributed by atoms with van der Waals surface area (Å²) in [4.78, 5) is 13.3. The maximum Gasteiger partial charge on any atom is 0.150 e. The summed E-state index contributed by atoms with van der Waals surface area (Å²) in [6.45, 7) is 4.52. The number of morpholine rings is 1. The van der Waals surface area contributed by atoms with Crippen molar-refractivity contribution in [3.63, 3.8) is 0 Å². The van der Waals surface area contributed by atoms with Crippen molar-refractivity contribution in [3.8, 4) is 11.1 Å². The summed E-state index contributed by atoms with van der Waals surface area (Å²) < 4.78 is 5.36. The fourth-order valence-corrected chi connectivity index (χ4v) is 2.87. The van der Waals surface area contributed by atoms with E-state index in [1.165, 1.54) is 5.56 Å². The van der Waals surface area contributed by atoms with Crippen molar-refractivity contribution in [1.29, 1.82) is 0 Å². The number of hydrogen-bond donors (Lipinski definition) is 0. The topological polar surface area (TPSA) is 29.5 Å². The van der Waals surface area contributed by atoms with Crippen LogP contribution in [0.1, 0.15) is 15.9 Å². The lowest BCUT2D eigenvalue weighted by Crippen LogP contribution is -2.35. The van der Waals surface area contributed by atoms with Crippen molar-refractivity contribution in [2.45, 2.75) is 6.54 Å². The number of ether oxygens (including phenoxy) is 1. The van der Waals surface area contributed by atoms with Gasteiger partial charge in [0.1, 0.15) is 6.29 Å². The minimum atomic E-state index is 0.636. The van der Waals surface area contributed by atoms with Crippen molar-refractivity contribution in [1.82, 2.24) is 4.90 Å². The second kappa shape index (κ2) is 7.05. The number of aldehydes is 1. The van der Waals surface area contributed by atoms with Crippen LogP contribution in [-0.2, 0) is 11.3 Å². The van der Waals surface area contributed by atoms with Crippen LogP contribution < -0.4 is 0 Å². The van der Waals surface area contributed by atoms with Gasteiger partial charge >= 0.3 is 0 Å². The van der Waals surface area contributed by atoms with Crippen LogP contribution >= 0.6 is 11.6 Å². The fourth-order valence-electron chi connectivity index (χ4n) is 2.64. The Morgan fingerprint density at radius 2 is 1.82 bits per heavy atom. The van der Waals surface area contributed by atoms with E-state index in [0.717, 1.165) is 50.3 Å². The average molecular weight is 316 g/mol. The number of rotatable bonds is 4. The van der Waals surface area contributed by atoms with Gasteiger partial charge in [0.15, 0.2) is 0 Å². The molecule has 1 heterocycles. The Morgan fingerprint density at radius 1 is 1.09 bits per heavy atom. The lowest BCUT2D eigenvalue weighted by atomic mass is 10.0. The zero-order valence-corrected chi connectivity index (χ0v) is 13.1. The molecule has 0 amide bonds. The minimum Gasteiger partial charge on any atom is -0.379 e. The van der Waals surface area contributed by atoms with Gasteiger partial charge in [0, 0.05) is 35.8 Å². The van der Waals surface area contributed by atoms with Gasteiger partial charge in [0.05, 0.1) is 13.2 Å². The number of benzene rings is 2. The fraction of sp³-hybridized carbons (Fsp3) is 0.278. The second-order valence-corrected chi connectivity index (χ2v) is 5.85. The first-order valence-electron chi connectivity index (χ1n) is 7.40. The highest BCUT2D eigenvalue weighted by Crippen LogP contribution is 2.29. The van der Waals surface area contributed by atoms with Gasteiger partial charge < -0.3 is 4.74 Å². The maximum absolute atomic E-state index is 10.9. The lowest BCUT2D eigenvalue weighted by molar-refractivity contribution is 0.0342. The van der Waals surface area contributed by atoms with Gasteiger partial charge in [-0.3, -0.25) is 9.69 Å². The quantitative estimate of drug-likeness (QED) is 0.807. The van der Waals surface area contributed by atoms with E-state index in [4.69, 9.17) is 16.3 Å². The van der Waals surface area contributed by atoms with E-state index >= 15 is 0 Å². The van der Waals surface area contributed by atoms with E-state index in [-0.39, 0.29) is 0 Å². The van der Waals surface area contributed by atoms with Gasteiger partial charge in [-0.05, 0) is 23.3 Å². The highest BCUT2D eigenvalue weighted by atomic mass is 35.5. The van der Waals surface area contributed by atoms with Crippen molar-refractivity contribution >= 4 is 17.9 Å². The van der Waals surface area contributed by atoms with Crippen molar-refractivity contribution < 1.29 is 9.53 Å². The first kappa shape index (κ1) is 15.2. The Kier molecular flexibility index (Phi) is 4.88. The minimum absolute atomic E-state index is 0.636. The molecule has 2 aromatic carbocycles. The smallest absolute Gasteiger partial charge is 0.150 e. The standard InChI is InChI=1S/C18H18ClNO2/c19-18-6-3-15(13-21)11-17(18)16-4-1-14(2-5-16)12-20-7-9-22-10-8-20/h1-6,11,13H,7-10,12H2. The third-order valence-electron chi connectivity index (χ3n) is 3.90. The average Bonchev–Trinajstić information content (AvgIpc) is 2.57. The van der Waals surface area contributed by atoms with Crippen LogP contribution in [0.5, 0.6) is 0 Å². The molecule has 0 N–H and O–H groups in total. The molecule has 1 aliphatic heterocycles. The van der Waals surface area contributed by atoms with Crippen LogP contribution in [0.2, 0.25) is 5.02 Å². The third-order valence-corrected chi connectivity index (χ3v) is 4.23. The summed E-state index contributed by atoms with van der Waals surface area (Å²) in [5, 5.41) is 0.659. The molecule has 0 bridgehead atoms. The SMILES string of the molecule is O=Cc1ccc(Cl)c(-c2ccc(CN3CCOCC3)cc2)c1. The zero-order chi connectivity index (χ0) is 15.4. The summed E-state index contributed by atoms with van der Waals surface area (Å²) in [5.41, 5.74) is 3.83. The summed E-state index contributed by atoms with van der Waals surface area (Å²) in [6.07, 6.45) is 0.840. The molecule has 0 aromatic heterocycles. The Hall–Kier alpha value is -1.68. The molecule has 4 heteroatoms. The van der Waals surface area contributed by atoms with Gasteiger partial charge in [-0.2, -0.15) is 0 Å². The van der Waals surface area contributed by atoms with Gasteiger partial charge in [-0.15, -0.1) is 0 Å². The molecule has 1 saturated heterocycles. The molecule has 2 aromatic rings. The first-order valence-corrected chi connectivity index (χ1v) is 7.78. The molecule has 1 aliphatic rings. The normalized spacial score (nSPS) is 15.7. The van der Waals surface area contributed by atoms with E-state index < -0.39 is 0 Å². The van der Waals surface area contributed by atoms with Crippen molar-refractivity contribution in [3.05, 3.63) is 58.6 Å². The van der Waals surface area contributed by atoms with Crippen LogP contribution in [-0.4, -0.2) is 37.5 Å². The zero-order valence-electron chi connectivity index (χ0n) is 12.3. The number of halogens is 1. The van der Waals surface area contributed by atoms with E-state index in [1.54, 1.807) is 12.1 Å². The van der Waals surface area contributed by atoms with E-state index in [2.05, 4.69) is 29.2 Å². The number of carbonyl (C=O) groups excluding carboxylic acids is 1.